The van der Waals surface area contributed by atoms with Gasteiger partial charge in [-0.15, -0.1) is 0 Å². The molecule has 0 spiro atoms. The van der Waals surface area contributed by atoms with E-state index >= 15 is 0 Å². The number of benzene rings is 1. The van der Waals surface area contributed by atoms with Crippen LogP contribution in [0.3, 0.4) is 0 Å². The maximum atomic E-state index is 12.5. The molecule has 0 aliphatic rings. The minimum atomic E-state index is -3.53. The summed E-state index contributed by atoms with van der Waals surface area (Å²) in [6, 6.07) is 4.45. The lowest BCUT2D eigenvalue weighted by molar-refractivity contribution is 0.252. The van der Waals surface area contributed by atoms with Gasteiger partial charge in [-0.2, -0.15) is 4.31 Å². The molecule has 0 heterocycles. The Hall–Kier alpha value is -1.60. The molecule has 0 aliphatic carbocycles. The molecular weight excluding hydrogens is 302 g/mol. The van der Waals surface area contributed by atoms with Crippen molar-refractivity contribution in [2.24, 2.45) is 0 Å². The fourth-order valence-corrected chi connectivity index (χ4v) is 3.50. The molecule has 1 aromatic carbocycles. The third-order valence-corrected chi connectivity index (χ3v) is 5.38. The molecule has 0 radical (unpaired) electrons. The smallest absolute Gasteiger partial charge is 0.319 e. The number of urea groups is 1. The van der Waals surface area contributed by atoms with Crippen molar-refractivity contribution in [2.75, 3.05) is 25.0 Å². The molecule has 7 heteroatoms. The van der Waals surface area contributed by atoms with Crippen LogP contribution in [0.4, 0.5) is 10.5 Å². The zero-order valence-electron chi connectivity index (χ0n) is 13.6. The quantitative estimate of drug-likeness (QED) is 0.808. The van der Waals surface area contributed by atoms with Gasteiger partial charge in [-0.25, -0.2) is 13.2 Å². The van der Waals surface area contributed by atoms with Crippen molar-refractivity contribution in [3.63, 3.8) is 0 Å². The lowest BCUT2D eigenvalue weighted by atomic mass is 10.2. The number of nitrogens with zero attached hydrogens (tertiary/aromatic N) is 1. The molecule has 6 nitrogen and oxygen atoms in total. The van der Waals surface area contributed by atoms with Crippen molar-refractivity contribution in [3.05, 3.63) is 23.8 Å². The summed E-state index contributed by atoms with van der Waals surface area (Å²) >= 11 is 0. The summed E-state index contributed by atoms with van der Waals surface area (Å²) in [6.07, 6.45) is 0.836. The van der Waals surface area contributed by atoms with Crippen molar-refractivity contribution < 1.29 is 13.2 Å². The molecule has 2 N–H and O–H groups in total. The summed E-state index contributed by atoms with van der Waals surface area (Å²) < 4.78 is 26.4. The van der Waals surface area contributed by atoms with Gasteiger partial charge in [0.15, 0.2) is 0 Å². The highest BCUT2D eigenvalue weighted by Gasteiger charge is 2.22. The standard InChI is InChI=1S/C15H25N3O3S/c1-5-10-16-15(19)17-14-11-13(9-8-12(14)4)22(20,21)18(6-2)7-3/h8-9,11H,5-7,10H2,1-4H3,(H2,16,17,19). The van der Waals surface area contributed by atoms with Gasteiger partial charge < -0.3 is 10.6 Å². The van der Waals surface area contributed by atoms with E-state index in [2.05, 4.69) is 10.6 Å². The minimum absolute atomic E-state index is 0.188. The third-order valence-electron chi connectivity index (χ3n) is 3.34. The summed E-state index contributed by atoms with van der Waals surface area (Å²) in [7, 11) is -3.53. The molecule has 124 valence electrons. The van der Waals surface area contributed by atoms with Crippen LogP contribution in [0.2, 0.25) is 0 Å². The molecule has 1 rings (SSSR count). The maximum Gasteiger partial charge on any atom is 0.319 e. The first-order chi connectivity index (χ1) is 10.4. The third kappa shape index (κ3) is 4.45. The summed E-state index contributed by atoms with van der Waals surface area (Å²) in [6.45, 7) is 8.77. The van der Waals surface area contributed by atoms with Gasteiger partial charge in [-0.1, -0.05) is 26.8 Å². The molecule has 0 saturated heterocycles. The van der Waals surface area contributed by atoms with E-state index in [0.29, 0.717) is 25.3 Å². The van der Waals surface area contributed by atoms with Gasteiger partial charge >= 0.3 is 6.03 Å². The van der Waals surface area contributed by atoms with E-state index in [1.54, 1.807) is 26.0 Å². The topological polar surface area (TPSA) is 78.5 Å². The normalized spacial score (nSPS) is 11.5. The van der Waals surface area contributed by atoms with Crippen molar-refractivity contribution in [3.8, 4) is 0 Å². The summed E-state index contributed by atoms with van der Waals surface area (Å²) in [5.74, 6) is 0. The zero-order chi connectivity index (χ0) is 16.8. The van der Waals surface area contributed by atoms with Crippen LogP contribution in [0.5, 0.6) is 0 Å². The second-order valence-corrected chi connectivity index (χ2v) is 6.88. The first-order valence-corrected chi connectivity index (χ1v) is 8.96. The lowest BCUT2D eigenvalue weighted by Crippen LogP contribution is -2.31. The molecule has 0 fully saturated rings. The Bertz CT molecular complexity index is 610. The first-order valence-electron chi connectivity index (χ1n) is 7.52. The Labute approximate surface area is 132 Å². The van der Waals surface area contributed by atoms with E-state index in [0.717, 1.165) is 12.0 Å². The highest BCUT2D eigenvalue weighted by atomic mass is 32.2. The molecule has 0 atom stereocenters. The molecule has 0 bridgehead atoms. The first kappa shape index (κ1) is 18.4. The SMILES string of the molecule is CCCNC(=O)Nc1cc(S(=O)(=O)N(CC)CC)ccc1C. The summed E-state index contributed by atoms with van der Waals surface area (Å²) in [4.78, 5) is 11.9. The van der Waals surface area contributed by atoms with Crippen LogP contribution in [0.15, 0.2) is 23.1 Å². The van der Waals surface area contributed by atoms with Crippen LogP contribution in [0.25, 0.3) is 0 Å². The van der Waals surface area contributed by atoms with Gasteiger partial charge in [0.2, 0.25) is 10.0 Å². The highest BCUT2D eigenvalue weighted by Crippen LogP contribution is 2.22. The molecular formula is C15H25N3O3S. The Kier molecular flexibility index (Phi) is 6.83. The predicted octanol–water partition coefficient (Wildman–Crippen LogP) is 2.56. The minimum Gasteiger partial charge on any atom is -0.338 e. The van der Waals surface area contributed by atoms with Gasteiger partial charge in [0, 0.05) is 25.3 Å². The number of anilines is 1. The second-order valence-electron chi connectivity index (χ2n) is 4.95. The van der Waals surface area contributed by atoms with Crippen LogP contribution in [0.1, 0.15) is 32.8 Å². The van der Waals surface area contributed by atoms with E-state index in [4.69, 9.17) is 0 Å². The van der Waals surface area contributed by atoms with Crippen LogP contribution < -0.4 is 10.6 Å². The zero-order valence-corrected chi connectivity index (χ0v) is 14.5. The van der Waals surface area contributed by atoms with E-state index in [1.165, 1.54) is 10.4 Å². The van der Waals surface area contributed by atoms with Crippen LogP contribution in [0, 0.1) is 6.92 Å². The van der Waals surface area contributed by atoms with Crippen molar-refractivity contribution in [1.29, 1.82) is 0 Å². The predicted molar refractivity (Wildman–Crippen MR) is 88.6 cm³/mol. The fourth-order valence-electron chi connectivity index (χ4n) is 2.01. The highest BCUT2D eigenvalue weighted by molar-refractivity contribution is 7.89. The van der Waals surface area contributed by atoms with Crippen LogP contribution in [-0.2, 0) is 10.0 Å². The average Bonchev–Trinajstić information content (AvgIpc) is 2.48. The van der Waals surface area contributed by atoms with Gasteiger partial charge in [-0.05, 0) is 31.0 Å². The van der Waals surface area contributed by atoms with Gasteiger partial charge in [-0.3, -0.25) is 0 Å². The molecule has 0 aliphatic heterocycles. The Morgan fingerprint density at radius 3 is 2.36 bits per heavy atom. The van der Waals surface area contributed by atoms with E-state index in [-0.39, 0.29) is 10.9 Å². The molecule has 22 heavy (non-hydrogen) atoms. The number of aryl methyl sites for hydroxylation is 1. The average molecular weight is 327 g/mol. The number of hydrogen-bond acceptors (Lipinski definition) is 3. The van der Waals surface area contributed by atoms with Crippen LogP contribution >= 0.6 is 0 Å². The number of sulfonamides is 1. The lowest BCUT2D eigenvalue weighted by Gasteiger charge is -2.19. The Morgan fingerprint density at radius 2 is 1.82 bits per heavy atom. The summed E-state index contributed by atoms with van der Waals surface area (Å²) in [5, 5.41) is 5.40. The second kappa shape index (κ2) is 8.14. The van der Waals surface area contributed by atoms with Gasteiger partial charge in [0.05, 0.1) is 4.90 Å². The van der Waals surface area contributed by atoms with Gasteiger partial charge in [0.25, 0.3) is 0 Å². The number of carbonyl (C=O) groups excluding carboxylic acids is 1. The fraction of sp³-hybridized carbons (Fsp3) is 0.533. The van der Waals surface area contributed by atoms with Gasteiger partial charge in [0.1, 0.15) is 0 Å². The number of hydrogen-bond donors (Lipinski definition) is 2. The largest absolute Gasteiger partial charge is 0.338 e. The van der Waals surface area contributed by atoms with Crippen molar-refractivity contribution in [1.82, 2.24) is 9.62 Å². The number of amides is 2. The van der Waals surface area contributed by atoms with Crippen LogP contribution in [-0.4, -0.2) is 38.4 Å². The Balaban J connectivity index is 3.06. The Morgan fingerprint density at radius 1 is 1.18 bits per heavy atom. The maximum absolute atomic E-state index is 12.5. The summed E-state index contributed by atoms with van der Waals surface area (Å²) in [5.41, 5.74) is 1.31. The molecule has 0 saturated carbocycles. The number of nitrogens with one attached hydrogen (secondary N) is 2. The number of rotatable bonds is 7. The van der Waals surface area contributed by atoms with E-state index < -0.39 is 10.0 Å². The van der Waals surface area contributed by atoms with E-state index in [1.807, 2.05) is 13.8 Å². The van der Waals surface area contributed by atoms with Crippen molar-refractivity contribution >= 4 is 21.7 Å². The monoisotopic (exact) mass is 327 g/mol. The molecule has 0 unspecified atom stereocenters. The molecule has 0 aromatic heterocycles. The molecule has 1 aromatic rings. The van der Waals surface area contributed by atoms with Crippen molar-refractivity contribution in [2.45, 2.75) is 39.0 Å². The van der Waals surface area contributed by atoms with E-state index in [9.17, 15) is 13.2 Å². The number of carbonyl (C=O) groups is 1. The molecule has 2 amide bonds.